The van der Waals surface area contributed by atoms with Crippen molar-refractivity contribution in [2.45, 2.75) is 19.8 Å². The summed E-state index contributed by atoms with van der Waals surface area (Å²) in [5.41, 5.74) is 0.356. The van der Waals surface area contributed by atoms with Crippen molar-refractivity contribution >= 4 is 33.5 Å². The van der Waals surface area contributed by atoms with Crippen LogP contribution in [0.25, 0.3) is 0 Å². The maximum atomic E-state index is 11.9. The molecule has 17 heavy (non-hydrogen) atoms. The van der Waals surface area contributed by atoms with Crippen LogP contribution in [0.1, 0.15) is 18.4 Å². The Kier molecular flexibility index (Phi) is 2.95. The van der Waals surface area contributed by atoms with Gasteiger partial charge in [0.1, 0.15) is 5.41 Å². The zero-order valence-electron chi connectivity index (χ0n) is 9.29. The van der Waals surface area contributed by atoms with Gasteiger partial charge in [0.05, 0.1) is 0 Å². The quantitative estimate of drug-likeness (QED) is 0.843. The number of carboxylic acid groups (broad SMARTS) is 1. The van der Waals surface area contributed by atoms with Crippen molar-refractivity contribution in [3.05, 3.63) is 28.2 Å². The first-order valence-electron chi connectivity index (χ1n) is 5.27. The molecule has 0 radical (unpaired) electrons. The minimum absolute atomic E-state index is 0.418. The lowest BCUT2D eigenvalue weighted by atomic mass is 10.1. The first-order valence-corrected chi connectivity index (χ1v) is 6.06. The smallest absolute Gasteiger partial charge is 0.319 e. The Morgan fingerprint density at radius 1 is 1.41 bits per heavy atom. The van der Waals surface area contributed by atoms with Crippen molar-refractivity contribution in [2.75, 3.05) is 5.32 Å². The predicted molar refractivity (Wildman–Crippen MR) is 66.8 cm³/mol. The van der Waals surface area contributed by atoms with E-state index in [2.05, 4.69) is 21.2 Å². The molecule has 2 N–H and O–H groups in total. The Hall–Kier alpha value is -1.36. The van der Waals surface area contributed by atoms with Gasteiger partial charge in [-0.1, -0.05) is 22.0 Å². The van der Waals surface area contributed by atoms with Crippen LogP contribution in [0.2, 0.25) is 0 Å². The number of anilines is 1. The van der Waals surface area contributed by atoms with Gasteiger partial charge in [0.25, 0.3) is 0 Å². The fraction of sp³-hybridized carbons (Fsp3) is 0.333. The molecule has 0 aromatic heterocycles. The molecule has 1 fully saturated rings. The molecular formula is C12H12BrNO3. The van der Waals surface area contributed by atoms with Gasteiger partial charge >= 0.3 is 5.97 Å². The molecule has 0 spiro atoms. The van der Waals surface area contributed by atoms with Gasteiger partial charge in [0, 0.05) is 10.2 Å². The maximum Gasteiger partial charge on any atom is 0.319 e. The molecule has 0 unspecified atom stereocenters. The zero-order valence-corrected chi connectivity index (χ0v) is 10.9. The van der Waals surface area contributed by atoms with E-state index in [0.29, 0.717) is 18.5 Å². The number of carbonyl (C=O) groups is 2. The molecule has 90 valence electrons. The number of amides is 1. The lowest BCUT2D eigenvalue weighted by Gasteiger charge is -2.12. The molecule has 1 aromatic carbocycles. The molecule has 0 heterocycles. The highest BCUT2D eigenvalue weighted by molar-refractivity contribution is 9.10. The van der Waals surface area contributed by atoms with Crippen molar-refractivity contribution in [1.82, 2.24) is 0 Å². The topological polar surface area (TPSA) is 66.4 Å². The summed E-state index contributed by atoms with van der Waals surface area (Å²) in [5.74, 6) is -1.46. The molecule has 1 aliphatic carbocycles. The van der Waals surface area contributed by atoms with E-state index in [4.69, 9.17) is 5.11 Å². The summed E-state index contributed by atoms with van der Waals surface area (Å²) in [6, 6.07) is 5.50. The third-order valence-electron chi connectivity index (χ3n) is 3.04. The molecule has 1 saturated carbocycles. The molecule has 2 rings (SSSR count). The normalized spacial score (nSPS) is 16.4. The number of benzene rings is 1. The molecule has 1 aliphatic rings. The highest BCUT2D eigenvalue weighted by atomic mass is 79.9. The SMILES string of the molecule is Cc1ccc(Br)cc1NC(=O)C1(C(=O)O)CC1. The number of carbonyl (C=O) groups excluding carboxylic acids is 1. The second-order valence-corrected chi connectivity index (χ2v) is 5.22. The van der Waals surface area contributed by atoms with Crippen LogP contribution in [-0.4, -0.2) is 17.0 Å². The minimum atomic E-state index is -1.20. The monoisotopic (exact) mass is 297 g/mol. The van der Waals surface area contributed by atoms with E-state index in [1.54, 1.807) is 6.07 Å². The molecule has 5 heteroatoms. The average Bonchev–Trinajstić information content (AvgIpc) is 3.04. The van der Waals surface area contributed by atoms with Crippen LogP contribution in [-0.2, 0) is 9.59 Å². The van der Waals surface area contributed by atoms with Crippen LogP contribution in [0.4, 0.5) is 5.69 Å². The van der Waals surface area contributed by atoms with Gasteiger partial charge in [-0.2, -0.15) is 0 Å². The number of halogens is 1. The fourth-order valence-electron chi connectivity index (χ4n) is 1.63. The van der Waals surface area contributed by atoms with Gasteiger partial charge in [0.2, 0.25) is 5.91 Å². The summed E-state index contributed by atoms with van der Waals surface area (Å²) < 4.78 is 0.846. The van der Waals surface area contributed by atoms with Crippen molar-refractivity contribution in [3.8, 4) is 0 Å². The first kappa shape index (κ1) is 12.1. The third kappa shape index (κ3) is 2.20. The first-order chi connectivity index (χ1) is 7.95. The number of nitrogens with one attached hydrogen (secondary N) is 1. The fourth-order valence-corrected chi connectivity index (χ4v) is 1.99. The van der Waals surface area contributed by atoms with E-state index in [-0.39, 0.29) is 0 Å². The van der Waals surface area contributed by atoms with E-state index in [0.717, 1.165) is 10.0 Å². The maximum absolute atomic E-state index is 11.9. The van der Waals surface area contributed by atoms with E-state index in [1.807, 2.05) is 19.1 Å². The van der Waals surface area contributed by atoms with Gasteiger partial charge in [0.15, 0.2) is 0 Å². The largest absolute Gasteiger partial charge is 0.480 e. The van der Waals surface area contributed by atoms with Gasteiger partial charge in [-0.25, -0.2) is 0 Å². The average molecular weight is 298 g/mol. The minimum Gasteiger partial charge on any atom is -0.480 e. The van der Waals surface area contributed by atoms with Gasteiger partial charge < -0.3 is 10.4 Å². The van der Waals surface area contributed by atoms with Crippen LogP contribution >= 0.6 is 15.9 Å². The van der Waals surface area contributed by atoms with Gasteiger partial charge in [-0.15, -0.1) is 0 Å². The Morgan fingerprint density at radius 2 is 2.06 bits per heavy atom. The summed E-state index contributed by atoms with van der Waals surface area (Å²) in [6.07, 6.45) is 0.836. The summed E-state index contributed by atoms with van der Waals surface area (Å²) in [6.45, 7) is 1.86. The molecule has 4 nitrogen and oxygen atoms in total. The zero-order chi connectivity index (χ0) is 12.6. The second-order valence-electron chi connectivity index (χ2n) is 4.30. The van der Waals surface area contributed by atoms with Crippen molar-refractivity contribution in [2.24, 2.45) is 5.41 Å². The Bertz CT molecular complexity index is 495. The summed E-state index contributed by atoms with van der Waals surface area (Å²) in [5, 5.41) is 11.7. The van der Waals surface area contributed by atoms with Crippen LogP contribution < -0.4 is 5.32 Å². The lowest BCUT2D eigenvalue weighted by molar-refractivity contribution is -0.147. The number of aryl methyl sites for hydroxylation is 1. The van der Waals surface area contributed by atoms with E-state index in [1.165, 1.54) is 0 Å². The Labute approximate surface area is 107 Å². The number of aliphatic carboxylic acids is 1. The van der Waals surface area contributed by atoms with Crippen LogP contribution in [0.5, 0.6) is 0 Å². The standard InChI is InChI=1S/C12H12BrNO3/c1-7-2-3-8(13)6-9(7)14-10(15)12(4-5-12)11(16)17/h2-3,6H,4-5H2,1H3,(H,14,15)(H,16,17). The number of rotatable bonds is 3. The van der Waals surface area contributed by atoms with Crippen LogP contribution in [0.15, 0.2) is 22.7 Å². The van der Waals surface area contributed by atoms with Crippen molar-refractivity contribution in [3.63, 3.8) is 0 Å². The van der Waals surface area contributed by atoms with Crippen LogP contribution in [0.3, 0.4) is 0 Å². The Balaban J connectivity index is 2.19. The summed E-state index contributed by atoms with van der Waals surface area (Å²) in [4.78, 5) is 22.9. The van der Waals surface area contributed by atoms with Gasteiger partial charge in [-0.05, 0) is 37.5 Å². The lowest BCUT2D eigenvalue weighted by Crippen LogP contribution is -2.31. The van der Waals surface area contributed by atoms with E-state index < -0.39 is 17.3 Å². The molecule has 1 amide bonds. The predicted octanol–water partition coefficient (Wildman–Crippen LogP) is 2.56. The van der Waals surface area contributed by atoms with E-state index >= 15 is 0 Å². The van der Waals surface area contributed by atoms with Crippen LogP contribution in [0, 0.1) is 12.3 Å². The van der Waals surface area contributed by atoms with E-state index in [9.17, 15) is 9.59 Å². The molecule has 0 atom stereocenters. The summed E-state index contributed by atoms with van der Waals surface area (Å²) in [7, 11) is 0. The summed E-state index contributed by atoms with van der Waals surface area (Å²) >= 11 is 3.31. The molecule has 0 bridgehead atoms. The molecular weight excluding hydrogens is 286 g/mol. The van der Waals surface area contributed by atoms with Gasteiger partial charge in [-0.3, -0.25) is 9.59 Å². The highest BCUT2D eigenvalue weighted by Crippen LogP contribution is 2.46. The second kappa shape index (κ2) is 4.14. The molecule has 0 saturated heterocycles. The number of hydrogen-bond acceptors (Lipinski definition) is 2. The van der Waals surface area contributed by atoms with Crippen molar-refractivity contribution < 1.29 is 14.7 Å². The highest BCUT2D eigenvalue weighted by Gasteiger charge is 2.57. The van der Waals surface area contributed by atoms with Crippen molar-refractivity contribution in [1.29, 1.82) is 0 Å². The number of hydrogen-bond donors (Lipinski definition) is 2. The molecule has 0 aliphatic heterocycles. The molecule has 1 aromatic rings. The number of carboxylic acids is 1. The third-order valence-corrected chi connectivity index (χ3v) is 3.54. The Morgan fingerprint density at radius 3 is 2.59 bits per heavy atom.